The van der Waals surface area contributed by atoms with E-state index in [0.29, 0.717) is 25.9 Å². The van der Waals surface area contributed by atoms with E-state index in [2.05, 4.69) is 0 Å². The summed E-state index contributed by atoms with van der Waals surface area (Å²) in [6.07, 6.45) is 4.10. The molecule has 8 heteroatoms. The molecule has 1 N–H and O–H groups in total. The predicted octanol–water partition coefficient (Wildman–Crippen LogP) is 0.279. The van der Waals surface area contributed by atoms with E-state index >= 15 is 0 Å². The zero-order chi connectivity index (χ0) is 14.8. The Labute approximate surface area is 117 Å². The lowest BCUT2D eigenvalue weighted by Gasteiger charge is -2.30. The number of nitrogens with zero attached hydrogens (tertiary/aromatic N) is 2. The molecule has 0 aromatic carbocycles. The molecular weight excluding hydrogens is 284 g/mol. The van der Waals surface area contributed by atoms with Gasteiger partial charge in [0, 0.05) is 32.5 Å². The Morgan fingerprint density at radius 2 is 2.10 bits per heavy atom. The molecule has 1 fully saturated rings. The average Bonchev–Trinajstić information content (AvgIpc) is 2.84. The molecule has 0 atom stereocenters. The van der Waals surface area contributed by atoms with Crippen LogP contribution in [0.15, 0.2) is 23.4 Å². The van der Waals surface area contributed by atoms with Gasteiger partial charge in [0.2, 0.25) is 10.0 Å². The number of carboxylic acid groups (broad SMARTS) is 1. The summed E-state index contributed by atoms with van der Waals surface area (Å²) < 4.78 is 33.0. The topological polar surface area (TPSA) is 88.8 Å². The lowest BCUT2D eigenvalue weighted by atomic mass is 10.1. The van der Waals surface area contributed by atoms with E-state index in [9.17, 15) is 13.2 Å². The van der Waals surface area contributed by atoms with E-state index in [1.165, 1.54) is 4.31 Å². The van der Waals surface area contributed by atoms with Gasteiger partial charge in [-0.2, -0.15) is 4.31 Å². The highest BCUT2D eigenvalue weighted by Crippen LogP contribution is 2.22. The van der Waals surface area contributed by atoms with Crippen LogP contribution in [0, 0.1) is 0 Å². The standard InChI is InChI=1S/C12H18N2O5S/c1-13-5-4-11(8-13)20(17,18)14-6-2-10(3-7-14)19-9-12(15)16/h4-5,8,10H,2-3,6-7,9H2,1H3,(H,15,16). The zero-order valence-electron chi connectivity index (χ0n) is 11.2. The Morgan fingerprint density at radius 3 is 2.60 bits per heavy atom. The zero-order valence-corrected chi connectivity index (χ0v) is 12.0. The van der Waals surface area contributed by atoms with Gasteiger partial charge < -0.3 is 14.4 Å². The molecule has 112 valence electrons. The highest BCUT2D eigenvalue weighted by molar-refractivity contribution is 7.89. The van der Waals surface area contributed by atoms with Crippen LogP contribution in [0.5, 0.6) is 0 Å². The molecule has 1 aliphatic heterocycles. The largest absolute Gasteiger partial charge is 0.480 e. The number of carbonyl (C=O) groups is 1. The second kappa shape index (κ2) is 5.94. The van der Waals surface area contributed by atoms with Crippen LogP contribution in [0.3, 0.4) is 0 Å². The van der Waals surface area contributed by atoms with Crippen LogP contribution in [0.25, 0.3) is 0 Å². The Kier molecular flexibility index (Phi) is 4.46. The fourth-order valence-electron chi connectivity index (χ4n) is 2.21. The van der Waals surface area contributed by atoms with Crippen molar-refractivity contribution >= 4 is 16.0 Å². The molecular formula is C12H18N2O5S. The monoisotopic (exact) mass is 302 g/mol. The van der Waals surface area contributed by atoms with Crippen molar-refractivity contribution in [2.75, 3.05) is 19.7 Å². The second-order valence-corrected chi connectivity index (χ2v) is 6.76. The molecule has 0 amide bonds. The van der Waals surface area contributed by atoms with Crippen LogP contribution >= 0.6 is 0 Å². The van der Waals surface area contributed by atoms with Crippen molar-refractivity contribution in [1.82, 2.24) is 8.87 Å². The van der Waals surface area contributed by atoms with Gasteiger partial charge >= 0.3 is 5.97 Å². The summed E-state index contributed by atoms with van der Waals surface area (Å²) in [5.41, 5.74) is 0. The maximum Gasteiger partial charge on any atom is 0.329 e. The molecule has 0 radical (unpaired) electrons. The van der Waals surface area contributed by atoms with Crippen LogP contribution in [-0.4, -0.2) is 54.2 Å². The fourth-order valence-corrected chi connectivity index (χ4v) is 3.73. The highest BCUT2D eigenvalue weighted by atomic mass is 32.2. The summed E-state index contributed by atoms with van der Waals surface area (Å²) in [6, 6.07) is 1.57. The number of rotatable bonds is 5. The number of sulfonamides is 1. The summed E-state index contributed by atoms with van der Waals surface area (Å²) in [6.45, 7) is 0.360. The average molecular weight is 302 g/mol. The summed E-state index contributed by atoms with van der Waals surface area (Å²) in [7, 11) is -1.69. The molecule has 2 rings (SSSR count). The number of aromatic nitrogens is 1. The van der Waals surface area contributed by atoms with Crippen molar-refractivity contribution in [1.29, 1.82) is 0 Å². The van der Waals surface area contributed by atoms with Crippen LogP contribution < -0.4 is 0 Å². The van der Waals surface area contributed by atoms with E-state index in [0.717, 1.165) is 0 Å². The van der Waals surface area contributed by atoms with Gasteiger partial charge in [0.05, 0.1) is 11.0 Å². The van der Waals surface area contributed by atoms with Crippen LogP contribution in [0.1, 0.15) is 12.8 Å². The van der Waals surface area contributed by atoms with Gasteiger partial charge in [-0.15, -0.1) is 0 Å². The van der Waals surface area contributed by atoms with Crippen molar-refractivity contribution in [3.05, 3.63) is 18.5 Å². The molecule has 0 saturated carbocycles. The molecule has 20 heavy (non-hydrogen) atoms. The first kappa shape index (κ1) is 15.0. The number of aliphatic carboxylic acids is 1. The van der Waals surface area contributed by atoms with Gasteiger partial charge in [0.15, 0.2) is 0 Å². The van der Waals surface area contributed by atoms with Gasteiger partial charge in [0.1, 0.15) is 6.61 Å². The van der Waals surface area contributed by atoms with E-state index < -0.39 is 16.0 Å². The molecule has 1 aromatic rings. The minimum Gasteiger partial charge on any atom is -0.480 e. The van der Waals surface area contributed by atoms with Crippen molar-refractivity contribution < 1.29 is 23.1 Å². The van der Waals surface area contributed by atoms with Gasteiger partial charge in [-0.1, -0.05) is 0 Å². The molecule has 1 aromatic heterocycles. The smallest absolute Gasteiger partial charge is 0.329 e. The number of piperidine rings is 1. The molecule has 0 unspecified atom stereocenters. The van der Waals surface area contributed by atoms with Crippen molar-refractivity contribution in [2.24, 2.45) is 7.05 Å². The number of carboxylic acids is 1. The summed E-state index contributed by atoms with van der Waals surface area (Å²) in [5, 5.41) is 8.54. The third kappa shape index (κ3) is 3.38. The summed E-state index contributed by atoms with van der Waals surface area (Å²) in [5.74, 6) is -1.01. The minimum absolute atomic E-state index is 0.187. The van der Waals surface area contributed by atoms with Gasteiger partial charge in [-0.3, -0.25) is 0 Å². The van der Waals surface area contributed by atoms with Gasteiger partial charge in [0.25, 0.3) is 0 Å². The molecule has 1 aliphatic rings. The first-order valence-corrected chi connectivity index (χ1v) is 7.79. The maximum atomic E-state index is 12.4. The van der Waals surface area contributed by atoms with Gasteiger partial charge in [-0.25, -0.2) is 13.2 Å². The van der Waals surface area contributed by atoms with Crippen molar-refractivity contribution in [2.45, 2.75) is 23.8 Å². The van der Waals surface area contributed by atoms with E-state index in [-0.39, 0.29) is 17.6 Å². The SMILES string of the molecule is Cn1ccc(S(=O)(=O)N2CCC(OCC(=O)O)CC2)c1. The minimum atomic E-state index is -3.46. The molecule has 2 heterocycles. The van der Waals surface area contributed by atoms with Crippen LogP contribution in [0.4, 0.5) is 0 Å². The Morgan fingerprint density at radius 1 is 1.45 bits per heavy atom. The first-order valence-electron chi connectivity index (χ1n) is 6.35. The van der Waals surface area contributed by atoms with Crippen LogP contribution in [-0.2, 0) is 26.6 Å². The number of ether oxygens (including phenoxy) is 1. The number of hydrogen-bond donors (Lipinski definition) is 1. The maximum absolute atomic E-state index is 12.4. The van der Waals surface area contributed by atoms with Crippen molar-refractivity contribution in [3.8, 4) is 0 Å². The quantitative estimate of drug-likeness (QED) is 0.844. The molecule has 0 bridgehead atoms. The van der Waals surface area contributed by atoms with E-state index in [4.69, 9.17) is 9.84 Å². The highest BCUT2D eigenvalue weighted by Gasteiger charge is 2.30. The Bertz CT molecular complexity index is 572. The van der Waals surface area contributed by atoms with E-state index in [1.807, 2.05) is 0 Å². The third-order valence-corrected chi connectivity index (χ3v) is 5.17. The first-order chi connectivity index (χ1) is 9.39. The lowest BCUT2D eigenvalue weighted by Crippen LogP contribution is -2.41. The number of aryl methyl sites for hydroxylation is 1. The summed E-state index contributed by atoms with van der Waals surface area (Å²) in [4.78, 5) is 10.7. The molecule has 7 nitrogen and oxygen atoms in total. The lowest BCUT2D eigenvalue weighted by molar-refractivity contribution is -0.145. The Balaban J connectivity index is 1.95. The Hall–Kier alpha value is -1.38. The normalized spacial score (nSPS) is 18.2. The van der Waals surface area contributed by atoms with Crippen LogP contribution in [0.2, 0.25) is 0 Å². The molecule has 0 aliphatic carbocycles. The summed E-state index contributed by atoms with van der Waals surface area (Å²) >= 11 is 0. The number of hydrogen-bond acceptors (Lipinski definition) is 4. The fraction of sp³-hybridized carbons (Fsp3) is 0.583. The van der Waals surface area contributed by atoms with Crippen molar-refractivity contribution in [3.63, 3.8) is 0 Å². The molecule has 0 spiro atoms. The van der Waals surface area contributed by atoms with Gasteiger partial charge in [-0.05, 0) is 18.9 Å². The third-order valence-electron chi connectivity index (χ3n) is 3.29. The molecule has 1 saturated heterocycles. The second-order valence-electron chi connectivity index (χ2n) is 4.82. The van der Waals surface area contributed by atoms with E-state index in [1.54, 1.807) is 30.1 Å². The predicted molar refractivity (Wildman–Crippen MR) is 70.8 cm³/mol.